The molecule has 2 N–H and O–H groups in total. The van der Waals surface area contributed by atoms with Crippen LogP contribution < -0.4 is 5.73 Å². The van der Waals surface area contributed by atoms with E-state index in [4.69, 9.17) is 19.0 Å². The van der Waals surface area contributed by atoms with Crippen LogP contribution in [-0.2, 0) is 13.3 Å². The zero-order valence-corrected chi connectivity index (χ0v) is 16.8. The van der Waals surface area contributed by atoms with E-state index in [0.29, 0.717) is 6.54 Å². The Kier molecular flexibility index (Phi) is 12.2. The van der Waals surface area contributed by atoms with Gasteiger partial charge in [0.2, 0.25) is 0 Å². The van der Waals surface area contributed by atoms with Crippen molar-refractivity contribution in [2.75, 3.05) is 41.0 Å². The SMILES string of the molecule is C=CC(c1ccccc1)N(CCN)CCC[Si](OC)(OC)OC.Cl. The highest BCUT2D eigenvalue weighted by molar-refractivity contribution is 6.60. The molecule has 0 spiro atoms. The fourth-order valence-corrected chi connectivity index (χ4v) is 4.46. The third kappa shape index (κ3) is 6.64. The molecule has 0 saturated carbocycles. The Morgan fingerprint density at radius 2 is 1.71 bits per heavy atom. The van der Waals surface area contributed by atoms with Crippen LogP contribution in [0.15, 0.2) is 43.0 Å². The molecule has 1 atom stereocenters. The molecule has 0 aliphatic carbocycles. The predicted octanol–water partition coefficient (Wildman–Crippen LogP) is 2.86. The third-order valence-corrected chi connectivity index (χ3v) is 6.87. The molecule has 0 fully saturated rings. The maximum absolute atomic E-state index is 5.79. The van der Waals surface area contributed by atoms with Gasteiger partial charge in [0.05, 0.1) is 6.04 Å². The molecule has 0 aliphatic rings. The molecule has 7 heteroatoms. The van der Waals surface area contributed by atoms with Crippen molar-refractivity contribution in [1.82, 2.24) is 4.90 Å². The van der Waals surface area contributed by atoms with Gasteiger partial charge in [-0.3, -0.25) is 4.90 Å². The topological polar surface area (TPSA) is 57.0 Å². The zero-order chi connectivity index (χ0) is 17.1. The molecule has 0 heterocycles. The van der Waals surface area contributed by atoms with Gasteiger partial charge in [-0.1, -0.05) is 36.4 Å². The number of nitrogens with zero attached hydrogens (tertiary/aromatic N) is 1. The smallest absolute Gasteiger partial charge is 0.377 e. The largest absolute Gasteiger partial charge is 0.500 e. The minimum absolute atomic E-state index is 0. The van der Waals surface area contributed by atoms with E-state index in [9.17, 15) is 0 Å². The maximum atomic E-state index is 5.79. The molecule has 0 radical (unpaired) electrons. The molecule has 1 aromatic rings. The van der Waals surface area contributed by atoms with Crippen LogP contribution in [0.3, 0.4) is 0 Å². The Bertz CT molecular complexity index is 438. The van der Waals surface area contributed by atoms with Gasteiger partial charge >= 0.3 is 8.80 Å². The van der Waals surface area contributed by atoms with Crippen LogP contribution in [0, 0.1) is 0 Å². The fraction of sp³-hybridized carbons (Fsp3) is 0.529. The Morgan fingerprint density at radius 1 is 1.12 bits per heavy atom. The van der Waals surface area contributed by atoms with Gasteiger partial charge in [-0.05, 0) is 18.5 Å². The quantitative estimate of drug-likeness (QED) is 0.450. The first-order chi connectivity index (χ1) is 11.2. The van der Waals surface area contributed by atoms with Crippen LogP contribution in [0.25, 0.3) is 0 Å². The summed E-state index contributed by atoms with van der Waals surface area (Å²) in [5.41, 5.74) is 7.02. The predicted molar refractivity (Wildman–Crippen MR) is 103 cm³/mol. The molecule has 138 valence electrons. The van der Waals surface area contributed by atoms with Crippen molar-refractivity contribution in [2.24, 2.45) is 5.73 Å². The Hall–Kier alpha value is -0.733. The van der Waals surface area contributed by atoms with Gasteiger partial charge in [-0.2, -0.15) is 0 Å². The molecule has 24 heavy (non-hydrogen) atoms. The summed E-state index contributed by atoms with van der Waals surface area (Å²) in [6.45, 7) is 6.30. The number of halogens is 1. The Labute approximate surface area is 153 Å². The molecule has 1 aromatic carbocycles. The summed E-state index contributed by atoms with van der Waals surface area (Å²) in [6, 6.07) is 11.3. The lowest BCUT2D eigenvalue weighted by atomic mass is 10.1. The van der Waals surface area contributed by atoms with Gasteiger partial charge in [-0.25, -0.2) is 0 Å². The zero-order valence-electron chi connectivity index (χ0n) is 14.9. The van der Waals surface area contributed by atoms with Gasteiger partial charge in [0.15, 0.2) is 0 Å². The van der Waals surface area contributed by atoms with Gasteiger partial charge in [0.1, 0.15) is 0 Å². The summed E-state index contributed by atoms with van der Waals surface area (Å²) >= 11 is 0. The van der Waals surface area contributed by atoms with E-state index in [1.54, 1.807) is 21.3 Å². The third-order valence-electron chi connectivity index (χ3n) is 4.04. The number of hydrogen-bond acceptors (Lipinski definition) is 5. The molecular formula is C17H31ClN2O3Si. The van der Waals surface area contributed by atoms with E-state index in [1.165, 1.54) is 5.56 Å². The number of rotatable bonds is 12. The molecule has 1 rings (SSSR count). The lowest BCUT2D eigenvalue weighted by Crippen LogP contribution is -2.43. The highest BCUT2D eigenvalue weighted by atomic mass is 35.5. The van der Waals surface area contributed by atoms with Crippen molar-refractivity contribution in [3.05, 3.63) is 48.6 Å². The average molecular weight is 375 g/mol. The molecule has 0 aliphatic heterocycles. The molecule has 0 saturated heterocycles. The highest BCUT2D eigenvalue weighted by Crippen LogP contribution is 2.23. The van der Waals surface area contributed by atoms with Crippen molar-refractivity contribution in [1.29, 1.82) is 0 Å². The van der Waals surface area contributed by atoms with Gasteiger partial charge in [0, 0.05) is 40.5 Å². The second-order valence-corrected chi connectivity index (χ2v) is 8.41. The van der Waals surface area contributed by atoms with Crippen molar-refractivity contribution >= 4 is 21.2 Å². The van der Waals surface area contributed by atoms with Crippen LogP contribution in [-0.4, -0.2) is 54.7 Å². The number of benzene rings is 1. The first-order valence-corrected chi connectivity index (χ1v) is 9.86. The van der Waals surface area contributed by atoms with Gasteiger partial charge < -0.3 is 19.0 Å². The molecule has 1 unspecified atom stereocenters. The first-order valence-electron chi connectivity index (χ1n) is 7.93. The van der Waals surface area contributed by atoms with E-state index in [2.05, 4.69) is 23.6 Å². The minimum atomic E-state index is -2.52. The van der Waals surface area contributed by atoms with Crippen molar-refractivity contribution in [2.45, 2.75) is 18.5 Å². The van der Waals surface area contributed by atoms with E-state index in [-0.39, 0.29) is 18.4 Å². The lowest BCUT2D eigenvalue weighted by molar-refractivity contribution is 0.120. The van der Waals surface area contributed by atoms with Crippen LogP contribution in [0.5, 0.6) is 0 Å². The van der Waals surface area contributed by atoms with Crippen molar-refractivity contribution in [3.63, 3.8) is 0 Å². The van der Waals surface area contributed by atoms with Crippen LogP contribution in [0.2, 0.25) is 6.04 Å². The summed E-state index contributed by atoms with van der Waals surface area (Å²) in [6.07, 6.45) is 2.89. The van der Waals surface area contributed by atoms with Crippen LogP contribution in [0.1, 0.15) is 18.0 Å². The summed E-state index contributed by atoms with van der Waals surface area (Å²) in [5, 5.41) is 0. The summed E-state index contributed by atoms with van der Waals surface area (Å²) in [7, 11) is 2.42. The Balaban J connectivity index is 0.00000529. The highest BCUT2D eigenvalue weighted by Gasteiger charge is 2.37. The number of hydrogen-bond donors (Lipinski definition) is 1. The fourth-order valence-electron chi connectivity index (χ4n) is 2.76. The van der Waals surface area contributed by atoms with Crippen LogP contribution in [0.4, 0.5) is 0 Å². The van der Waals surface area contributed by atoms with E-state index < -0.39 is 8.80 Å². The summed E-state index contributed by atoms with van der Waals surface area (Å²) in [5.74, 6) is 0. The molecule has 0 amide bonds. The van der Waals surface area contributed by atoms with Gasteiger partial charge in [0.25, 0.3) is 0 Å². The average Bonchev–Trinajstić information content (AvgIpc) is 2.61. The van der Waals surface area contributed by atoms with Crippen molar-refractivity contribution in [3.8, 4) is 0 Å². The molecule has 0 bridgehead atoms. The van der Waals surface area contributed by atoms with Gasteiger partial charge in [-0.15, -0.1) is 19.0 Å². The normalized spacial score (nSPS) is 12.7. The second-order valence-electron chi connectivity index (χ2n) is 5.31. The Morgan fingerprint density at radius 3 is 2.17 bits per heavy atom. The summed E-state index contributed by atoms with van der Waals surface area (Å²) in [4.78, 5) is 2.34. The van der Waals surface area contributed by atoms with E-state index in [0.717, 1.165) is 25.6 Å². The van der Waals surface area contributed by atoms with Crippen molar-refractivity contribution < 1.29 is 13.3 Å². The van der Waals surface area contributed by atoms with E-state index in [1.807, 2.05) is 24.3 Å². The van der Waals surface area contributed by atoms with Crippen LogP contribution >= 0.6 is 12.4 Å². The number of nitrogens with two attached hydrogens (primary N) is 1. The summed E-state index contributed by atoms with van der Waals surface area (Å²) < 4.78 is 16.4. The minimum Gasteiger partial charge on any atom is -0.377 e. The molecule has 0 aromatic heterocycles. The standard InChI is InChI=1S/C17H30N2O3Si.ClH/c1-5-17(16-10-7-6-8-11-16)19(14-12-18)13-9-15-23(20-2,21-3)22-4;/h5-8,10-11,17H,1,9,12-15,18H2,2-4H3;1H. The lowest BCUT2D eigenvalue weighted by Gasteiger charge is -2.31. The maximum Gasteiger partial charge on any atom is 0.500 e. The van der Waals surface area contributed by atoms with E-state index >= 15 is 0 Å². The molecular weight excluding hydrogens is 344 g/mol. The molecule has 5 nitrogen and oxygen atoms in total. The first kappa shape index (κ1) is 23.3. The monoisotopic (exact) mass is 374 g/mol. The second kappa shape index (κ2) is 12.6.